The van der Waals surface area contributed by atoms with E-state index < -0.39 is 17.7 Å². The van der Waals surface area contributed by atoms with Crippen molar-refractivity contribution in [3.63, 3.8) is 0 Å². The molecule has 0 saturated carbocycles. The van der Waals surface area contributed by atoms with E-state index in [1.807, 2.05) is 19.1 Å². The van der Waals surface area contributed by atoms with Crippen LogP contribution in [0.3, 0.4) is 0 Å². The van der Waals surface area contributed by atoms with Gasteiger partial charge in [0.05, 0.1) is 5.57 Å². The van der Waals surface area contributed by atoms with E-state index in [0.29, 0.717) is 23.5 Å². The number of carbonyl (C=O) groups excluding carboxylic acids is 2. The number of hydrogen-bond acceptors (Lipinski definition) is 4. The van der Waals surface area contributed by atoms with Crippen LogP contribution in [-0.2, 0) is 16.0 Å². The van der Waals surface area contributed by atoms with Gasteiger partial charge in [0.15, 0.2) is 0 Å². The first-order chi connectivity index (χ1) is 14.8. The van der Waals surface area contributed by atoms with Crippen molar-refractivity contribution in [1.29, 1.82) is 0 Å². The van der Waals surface area contributed by atoms with Gasteiger partial charge in [0, 0.05) is 12.1 Å². The minimum Gasteiger partial charge on any atom is -0.507 e. The summed E-state index contributed by atoms with van der Waals surface area (Å²) in [6.45, 7) is 3.91. The summed E-state index contributed by atoms with van der Waals surface area (Å²) in [4.78, 5) is 27.3. The number of furan rings is 1. The SMILES string of the molecule is Cc1ccc(/C(O)=C2/C(=O)C(=O)N(CCc3ccc(F)cc3)C2c2ccc(C)o2)cc1. The Morgan fingerprint density at radius 1 is 1.00 bits per heavy atom. The number of aryl methyl sites for hydroxylation is 2. The molecule has 6 heteroatoms. The van der Waals surface area contributed by atoms with Crippen LogP contribution in [0.5, 0.6) is 0 Å². The molecule has 31 heavy (non-hydrogen) atoms. The minimum atomic E-state index is -0.838. The lowest BCUT2D eigenvalue weighted by Crippen LogP contribution is -2.31. The largest absolute Gasteiger partial charge is 0.507 e. The van der Waals surface area contributed by atoms with E-state index in [2.05, 4.69) is 0 Å². The van der Waals surface area contributed by atoms with Crippen LogP contribution in [-0.4, -0.2) is 28.2 Å². The lowest BCUT2D eigenvalue weighted by Gasteiger charge is -2.23. The van der Waals surface area contributed by atoms with Gasteiger partial charge in [-0.2, -0.15) is 0 Å². The van der Waals surface area contributed by atoms with Crippen LogP contribution in [0.4, 0.5) is 4.39 Å². The number of likely N-dealkylation sites (tertiary alicyclic amines) is 1. The molecule has 1 saturated heterocycles. The third kappa shape index (κ3) is 4.01. The molecular formula is C25H22FNO4. The second-order valence-corrected chi connectivity index (χ2v) is 7.68. The highest BCUT2D eigenvalue weighted by Crippen LogP contribution is 2.40. The van der Waals surface area contributed by atoms with Crippen LogP contribution in [0.1, 0.15) is 34.3 Å². The van der Waals surface area contributed by atoms with E-state index in [1.54, 1.807) is 43.3 Å². The van der Waals surface area contributed by atoms with E-state index in [4.69, 9.17) is 4.42 Å². The van der Waals surface area contributed by atoms with Crippen molar-refractivity contribution in [3.05, 3.63) is 100 Å². The number of benzene rings is 2. The predicted octanol–water partition coefficient (Wildman–Crippen LogP) is 4.70. The first-order valence-electron chi connectivity index (χ1n) is 10.0. The molecule has 1 aromatic heterocycles. The molecule has 0 spiro atoms. The Labute approximate surface area is 179 Å². The molecule has 1 atom stereocenters. The second-order valence-electron chi connectivity index (χ2n) is 7.68. The van der Waals surface area contributed by atoms with Crippen LogP contribution >= 0.6 is 0 Å². The molecule has 5 nitrogen and oxygen atoms in total. The number of hydrogen-bond donors (Lipinski definition) is 1. The van der Waals surface area contributed by atoms with Gasteiger partial charge in [-0.3, -0.25) is 9.59 Å². The van der Waals surface area contributed by atoms with Crippen LogP contribution in [0.15, 0.2) is 70.7 Å². The summed E-state index contributed by atoms with van der Waals surface area (Å²) in [7, 11) is 0. The molecule has 1 unspecified atom stereocenters. The summed E-state index contributed by atoms with van der Waals surface area (Å²) >= 11 is 0. The molecule has 0 aliphatic carbocycles. The lowest BCUT2D eigenvalue weighted by atomic mass is 9.98. The van der Waals surface area contributed by atoms with Gasteiger partial charge in [0.1, 0.15) is 29.1 Å². The van der Waals surface area contributed by atoms with Gasteiger partial charge in [0.2, 0.25) is 0 Å². The number of carbonyl (C=O) groups is 2. The van der Waals surface area contributed by atoms with Gasteiger partial charge in [-0.05, 0) is 50.1 Å². The number of amides is 1. The molecule has 0 bridgehead atoms. The Hall–Kier alpha value is -3.67. The molecule has 2 aromatic carbocycles. The van der Waals surface area contributed by atoms with Gasteiger partial charge in [-0.25, -0.2) is 4.39 Å². The van der Waals surface area contributed by atoms with Gasteiger partial charge in [-0.15, -0.1) is 0 Å². The number of aliphatic hydroxyl groups is 1. The van der Waals surface area contributed by atoms with E-state index in [-0.39, 0.29) is 23.7 Å². The van der Waals surface area contributed by atoms with Crippen molar-refractivity contribution in [3.8, 4) is 0 Å². The summed E-state index contributed by atoms with van der Waals surface area (Å²) in [6, 6.07) is 15.7. The van der Waals surface area contributed by atoms with Crippen molar-refractivity contribution in [2.75, 3.05) is 6.54 Å². The number of nitrogens with zero attached hydrogens (tertiary/aromatic N) is 1. The molecule has 2 heterocycles. The molecule has 1 amide bonds. The molecule has 0 radical (unpaired) electrons. The molecule has 1 fully saturated rings. The average molecular weight is 419 g/mol. The second kappa shape index (κ2) is 8.22. The topological polar surface area (TPSA) is 70.8 Å². The molecule has 1 aliphatic heterocycles. The van der Waals surface area contributed by atoms with E-state index in [9.17, 15) is 19.1 Å². The maximum Gasteiger partial charge on any atom is 0.295 e. The Balaban J connectivity index is 1.74. The standard InChI is InChI=1S/C25H22FNO4/c1-15-3-8-18(9-4-15)23(28)21-22(20-12-5-16(2)31-20)27(25(30)24(21)29)14-13-17-6-10-19(26)11-7-17/h3-12,22,28H,13-14H2,1-2H3/b23-21-. The van der Waals surface area contributed by atoms with Gasteiger partial charge >= 0.3 is 0 Å². The fraction of sp³-hybridized carbons (Fsp3) is 0.200. The van der Waals surface area contributed by atoms with Crippen LogP contribution < -0.4 is 0 Å². The minimum absolute atomic E-state index is 0.00214. The number of aliphatic hydroxyl groups excluding tert-OH is 1. The molecule has 1 aliphatic rings. The highest BCUT2D eigenvalue weighted by atomic mass is 19.1. The number of Topliss-reactive ketones (excluding diaryl/α,β-unsaturated/α-hetero) is 1. The normalized spacial score (nSPS) is 18.0. The van der Waals surface area contributed by atoms with Crippen molar-refractivity contribution in [1.82, 2.24) is 4.90 Å². The zero-order valence-corrected chi connectivity index (χ0v) is 17.3. The predicted molar refractivity (Wildman–Crippen MR) is 114 cm³/mol. The summed E-state index contributed by atoms with van der Waals surface area (Å²) in [5.74, 6) is -0.986. The Morgan fingerprint density at radius 2 is 1.68 bits per heavy atom. The number of halogens is 1. The average Bonchev–Trinajstić information content (AvgIpc) is 3.29. The first-order valence-corrected chi connectivity index (χ1v) is 10.0. The van der Waals surface area contributed by atoms with Crippen LogP contribution in [0, 0.1) is 19.7 Å². The zero-order valence-electron chi connectivity index (χ0n) is 17.3. The fourth-order valence-corrected chi connectivity index (χ4v) is 3.77. The third-order valence-corrected chi connectivity index (χ3v) is 5.45. The molecular weight excluding hydrogens is 397 g/mol. The third-order valence-electron chi connectivity index (χ3n) is 5.45. The monoisotopic (exact) mass is 419 g/mol. The molecule has 4 rings (SSSR count). The van der Waals surface area contributed by atoms with Crippen molar-refractivity contribution in [2.45, 2.75) is 26.3 Å². The van der Waals surface area contributed by atoms with E-state index >= 15 is 0 Å². The smallest absolute Gasteiger partial charge is 0.295 e. The van der Waals surface area contributed by atoms with E-state index in [1.165, 1.54) is 17.0 Å². The Kier molecular flexibility index (Phi) is 5.46. The highest BCUT2D eigenvalue weighted by Gasteiger charge is 2.47. The van der Waals surface area contributed by atoms with Gasteiger partial charge in [0.25, 0.3) is 11.7 Å². The van der Waals surface area contributed by atoms with Crippen LogP contribution in [0.2, 0.25) is 0 Å². The van der Waals surface area contributed by atoms with Crippen LogP contribution in [0.25, 0.3) is 5.76 Å². The summed E-state index contributed by atoms with van der Waals surface area (Å²) < 4.78 is 19.0. The maximum absolute atomic E-state index is 13.2. The Morgan fingerprint density at radius 3 is 2.29 bits per heavy atom. The lowest BCUT2D eigenvalue weighted by molar-refractivity contribution is -0.140. The fourth-order valence-electron chi connectivity index (χ4n) is 3.77. The highest BCUT2D eigenvalue weighted by molar-refractivity contribution is 6.46. The molecule has 158 valence electrons. The van der Waals surface area contributed by atoms with E-state index in [0.717, 1.165) is 11.1 Å². The summed E-state index contributed by atoms with van der Waals surface area (Å²) in [5.41, 5.74) is 2.29. The number of ketones is 1. The molecule has 1 N–H and O–H groups in total. The summed E-state index contributed by atoms with van der Waals surface area (Å²) in [5, 5.41) is 11.0. The maximum atomic E-state index is 13.2. The molecule has 3 aromatic rings. The first kappa shape index (κ1) is 20.6. The summed E-state index contributed by atoms with van der Waals surface area (Å²) in [6.07, 6.45) is 0.425. The Bertz CT molecular complexity index is 1160. The zero-order chi connectivity index (χ0) is 22.1. The van der Waals surface area contributed by atoms with Crippen molar-refractivity contribution >= 4 is 17.4 Å². The van der Waals surface area contributed by atoms with Crippen molar-refractivity contribution in [2.24, 2.45) is 0 Å². The van der Waals surface area contributed by atoms with Crippen molar-refractivity contribution < 1.29 is 23.5 Å². The number of rotatable bonds is 5. The van der Waals surface area contributed by atoms with Gasteiger partial charge < -0.3 is 14.4 Å². The quantitative estimate of drug-likeness (QED) is 0.370. The van der Waals surface area contributed by atoms with Gasteiger partial charge in [-0.1, -0.05) is 42.0 Å².